The number of nitrogens with one attached hydrogen (secondary N) is 2. The number of hydrogen-bond donors (Lipinski definition) is 2. The van der Waals surface area contributed by atoms with Crippen LogP contribution in [0.5, 0.6) is 5.75 Å². The van der Waals surface area contributed by atoms with Crippen LogP contribution in [0.3, 0.4) is 0 Å². The fraction of sp³-hybridized carbons (Fsp3) is 0.424. The molecular formula is C33H43F3N2O3. The number of carbonyl (C=O) groups is 1. The van der Waals surface area contributed by atoms with Gasteiger partial charge in [0.15, 0.2) is 0 Å². The number of carbonyl (C=O) groups excluding carboxylic acids is 1. The first kappa shape index (κ1) is 33.8. The summed E-state index contributed by atoms with van der Waals surface area (Å²) in [7, 11) is 3.16. The predicted octanol–water partition coefficient (Wildman–Crippen LogP) is 7.30. The summed E-state index contributed by atoms with van der Waals surface area (Å²) in [6.45, 7) is 10.7. The molecule has 0 bridgehead atoms. The van der Waals surface area contributed by atoms with E-state index in [1.807, 2.05) is 38.1 Å². The van der Waals surface area contributed by atoms with Gasteiger partial charge < -0.3 is 14.8 Å². The Hall–Kier alpha value is -3.36. The summed E-state index contributed by atoms with van der Waals surface area (Å²) in [5, 5.41) is 6.48. The molecule has 2 unspecified atom stereocenters. The molecule has 224 valence electrons. The van der Waals surface area contributed by atoms with Crippen molar-refractivity contribution in [1.29, 1.82) is 0 Å². The quantitative estimate of drug-likeness (QED) is 0.247. The van der Waals surface area contributed by atoms with Gasteiger partial charge in [0.2, 0.25) is 5.91 Å². The van der Waals surface area contributed by atoms with E-state index in [2.05, 4.69) is 36.3 Å². The minimum Gasteiger partial charge on any atom is -0.496 e. The molecule has 5 nitrogen and oxygen atoms in total. The van der Waals surface area contributed by atoms with Crippen LogP contribution in [0.4, 0.5) is 13.2 Å². The van der Waals surface area contributed by atoms with Gasteiger partial charge >= 0.3 is 6.18 Å². The van der Waals surface area contributed by atoms with Crippen LogP contribution in [0.15, 0.2) is 72.8 Å². The van der Waals surface area contributed by atoms with Crippen molar-refractivity contribution < 1.29 is 27.4 Å². The van der Waals surface area contributed by atoms with Gasteiger partial charge in [-0.15, -0.1) is 0 Å². The van der Waals surface area contributed by atoms with Crippen LogP contribution in [0.1, 0.15) is 61.9 Å². The van der Waals surface area contributed by atoms with E-state index in [-0.39, 0.29) is 11.9 Å². The fourth-order valence-corrected chi connectivity index (χ4v) is 4.49. The maximum absolute atomic E-state index is 13.3. The van der Waals surface area contributed by atoms with Crippen LogP contribution in [-0.4, -0.2) is 39.3 Å². The molecule has 2 aromatic rings. The van der Waals surface area contributed by atoms with E-state index in [1.165, 1.54) is 12.1 Å². The zero-order chi connectivity index (χ0) is 30.4. The summed E-state index contributed by atoms with van der Waals surface area (Å²) in [5.74, 6) is 0.861. The lowest BCUT2D eigenvalue weighted by atomic mass is 9.91. The standard InChI is InChI=1S/C31H37F3N2O3.C2H6/c1-5-23-13-14-25(20-28(23)39-4)27(17-10-22-8-15-26(16-9-22)31(32,33)34)36-29(30(37)35-18-19-38-3)24-11-6-21(2)7-12-24;1-2/h5-6,8-9,11-16,20-21,27,29,36H,1,7,10,17-19H2,2-4H3,(H,35,37);1-2H3/t21?,27?,29-;/m0./s1. The molecule has 3 rings (SSSR count). The third-order valence-corrected chi connectivity index (χ3v) is 6.79. The average Bonchev–Trinajstić information content (AvgIpc) is 2.98. The molecule has 1 amide bonds. The van der Waals surface area contributed by atoms with Gasteiger partial charge in [-0.1, -0.05) is 75.9 Å². The average molecular weight is 573 g/mol. The van der Waals surface area contributed by atoms with Crippen molar-refractivity contribution in [1.82, 2.24) is 10.6 Å². The summed E-state index contributed by atoms with van der Waals surface area (Å²) < 4.78 is 49.8. The van der Waals surface area contributed by atoms with Crippen LogP contribution in [0.2, 0.25) is 0 Å². The minimum atomic E-state index is -4.38. The molecule has 0 fully saturated rings. The Labute approximate surface area is 242 Å². The Balaban J connectivity index is 0.00000287. The molecule has 3 atom stereocenters. The molecule has 1 aliphatic carbocycles. The third kappa shape index (κ3) is 10.2. The summed E-state index contributed by atoms with van der Waals surface area (Å²) >= 11 is 0. The highest BCUT2D eigenvalue weighted by Gasteiger charge is 2.30. The lowest BCUT2D eigenvalue weighted by Gasteiger charge is -2.28. The van der Waals surface area contributed by atoms with Gasteiger partial charge in [-0.2, -0.15) is 13.2 Å². The molecule has 41 heavy (non-hydrogen) atoms. The smallest absolute Gasteiger partial charge is 0.416 e. The number of hydrogen-bond acceptors (Lipinski definition) is 4. The van der Waals surface area contributed by atoms with E-state index in [1.54, 1.807) is 20.3 Å². The number of alkyl halides is 3. The Bertz CT molecular complexity index is 1170. The highest BCUT2D eigenvalue weighted by molar-refractivity contribution is 5.86. The van der Waals surface area contributed by atoms with E-state index in [4.69, 9.17) is 9.47 Å². The molecule has 0 aromatic heterocycles. The number of benzene rings is 2. The van der Waals surface area contributed by atoms with Gasteiger partial charge in [-0.3, -0.25) is 10.1 Å². The van der Waals surface area contributed by atoms with Crippen molar-refractivity contribution in [2.75, 3.05) is 27.4 Å². The third-order valence-electron chi connectivity index (χ3n) is 6.79. The molecule has 0 saturated carbocycles. The molecule has 0 aliphatic heterocycles. The lowest BCUT2D eigenvalue weighted by molar-refractivity contribution is -0.137. The molecule has 2 N–H and O–H groups in total. The van der Waals surface area contributed by atoms with Gasteiger partial charge in [0.25, 0.3) is 0 Å². The predicted molar refractivity (Wildman–Crippen MR) is 160 cm³/mol. The molecule has 8 heteroatoms. The summed E-state index contributed by atoms with van der Waals surface area (Å²) in [6.07, 6.45) is 5.34. The maximum Gasteiger partial charge on any atom is 0.416 e. The van der Waals surface area contributed by atoms with Crippen LogP contribution < -0.4 is 15.4 Å². The second kappa shape index (κ2) is 16.8. The van der Waals surface area contributed by atoms with Crippen LogP contribution >= 0.6 is 0 Å². The van der Waals surface area contributed by atoms with E-state index in [0.717, 1.165) is 40.8 Å². The zero-order valence-corrected chi connectivity index (χ0v) is 24.7. The Morgan fingerprint density at radius 3 is 2.41 bits per heavy atom. The highest BCUT2D eigenvalue weighted by atomic mass is 19.4. The monoisotopic (exact) mass is 572 g/mol. The SMILES string of the molecule is C=Cc1ccc(C(CCc2ccc(C(F)(F)F)cc2)N[C@H](C(=O)NCCOC)C2=CCC(C)C=C2)cc1OC.CC. The maximum atomic E-state index is 13.3. The molecule has 0 heterocycles. The van der Waals surface area contributed by atoms with Crippen LogP contribution in [-0.2, 0) is 22.1 Å². The fourth-order valence-electron chi connectivity index (χ4n) is 4.49. The minimum absolute atomic E-state index is 0.174. The Kier molecular flexibility index (Phi) is 13.9. The van der Waals surface area contributed by atoms with Gasteiger partial charge in [-0.05, 0) is 60.1 Å². The Morgan fingerprint density at radius 2 is 1.85 bits per heavy atom. The van der Waals surface area contributed by atoms with Crippen LogP contribution in [0, 0.1) is 5.92 Å². The molecule has 0 radical (unpaired) electrons. The summed E-state index contributed by atoms with van der Waals surface area (Å²) in [6, 6.07) is 10.1. The number of ether oxygens (including phenoxy) is 2. The lowest BCUT2D eigenvalue weighted by Crippen LogP contribution is -2.47. The van der Waals surface area contributed by atoms with Gasteiger partial charge in [0.1, 0.15) is 11.8 Å². The normalized spacial score (nSPS) is 16.1. The number of amides is 1. The number of methoxy groups -OCH3 is 2. The van der Waals surface area contributed by atoms with Gasteiger partial charge in [-0.25, -0.2) is 0 Å². The zero-order valence-electron chi connectivity index (χ0n) is 24.7. The molecular weight excluding hydrogens is 529 g/mol. The molecule has 2 aromatic carbocycles. The van der Waals surface area contributed by atoms with Crippen molar-refractivity contribution in [3.05, 3.63) is 95.1 Å². The first-order valence-electron chi connectivity index (χ1n) is 14.0. The topological polar surface area (TPSA) is 59.6 Å². The van der Waals surface area contributed by atoms with E-state index in [0.29, 0.717) is 37.7 Å². The van der Waals surface area contributed by atoms with E-state index < -0.39 is 17.8 Å². The largest absolute Gasteiger partial charge is 0.496 e. The Morgan fingerprint density at radius 1 is 1.15 bits per heavy atom. The molecule has 0 saturated heterocycles. The van der Waals surface area contributed by atoms with Crippen molar-refractivity contribution in [2.45, 2.75) is 58.3 Å². The second-order valence-electron chi connectivity index (χ2n) is 9.65. The summed E-state index contributed by atoms with van der Waals surface area (Å²) in [4.78, 5) is 13.3. The number of aryl methyl sites for hydroxylation is 1. The molecule has 1 aliphatic rings. The molecule has 0 spiro atoms. The van der Waals surface area contributed by atoms with Gasteiger partial charge in [0, 0.05) is 25.3 Å². The number of halogens is 3. The van der Waals surface area contributed by atoms with E-state index in [9.17, 15) is 18.0 Å². The summed E-state index contributed by atoms with van der Waals surface area (Å²) in [5.41, 5.74) is 2.70. The first-order valence-corrected chi connectivity index (χ1v) is 14.0. The highest BCUT2D eigenvalue weighted by Crippen LogP contribution is 2.31. The van der Waals surface area contributed by atoms with Crippen molar-refractivity contribution in [2.24, 2.45) is 5.92 Å². The van der Waals surface area contributed by atoms with Gasteiger partial charge in [0.05, 0.1) is 19.3 Å². The van der Waals surface area contributed by atoms with Crippen LogP contribution in [0.25, 0.3) is 6.08 Å². The number of allylic oxidation sites excluding steroid dienone is 2. The van der Waals surface area contributed by atoms with Crippen molar-refractivity contribution in [3.8, 4) is 5.75 Å². The van der Waals surface area contributed by atoms with Crippen molar-refractivity contribution in [3.63, 3.8) is 0 Å². The van der Waals surface area contributed by atoms with E-state index >= 15 is 0 Å². The van der Waals surface area contributed by atoms with Crippen molar-refractivity contribution >= 4 is 12.0 Å². The first-order chi connectivity index (χ1) is 19.7. The number of rotatable bonds is 13. The second-order valence-corrected chi connectivity index (χ2v) is 9.65.